The van der Waals surface area contributed by atoms with Gasteiger partial charge in [-0.15, -0.1) is 0 Å². The molecule has 0 spiro atoms. The molecule has 1 aromatic heterocycles. The van der Waals surface area contributed by atoms with Gasteiger partial charge in [-0.25, -0.2) is 9.48 Å². The zero-order valence-electron chi connectivity index (χ0n) is 9.22. The molecule has 0 radical (unpaired) electrons. The van der Waals surface area contributed by atoms with Crippen LogP contribution < -0.4 is 0 Å². The monoisotopic (exact) mass is 272 g/mol. The standard InChI is InChI=1S/C11H7F3N2O3/c12-11(13,14)9-8(10(18)19)5-15-16(9)6-2-1-3-7(17)4-6/h1-5,17H,(H,18,19). The molecule has 1 heterocycles. The van der Waals surface area contributed by atoms with Crippen molar-refractivity contribution in [2.24, 2.45) is 0 Å². The van der Waals surface area contributed by atoms with Crippen LogP contribution in [0.3, 0.4) is 0 Å². The molecule has 0 aliphatic heterocycles. The van der Waals surface area contributed by atoms with E-state index in [0.717, 1.165) is 6.07 Å². The second kappa shape index (κ2) is 4.30. The van der Waals surface area contributed by atoms with Crippen molar-refractivity contribution in [2.45, 2.75) is 6.18 Å². The molecule has 0 fully saturated rings. The first-order valence-corrected chi connectivity index (χ1v) is 4.98. The average Bonchev–Trinajstić information content (AvgIpc) is 2.73. The van der Waals surface area contributed by atoms with Gasteiger partial charge in [0.1, 0.15) is 11.3 Å². The Kier molecular flexibility index (Phi) is 2.93. The molecule has 5 nitrogen and oxygen atoms in total. The number of nitrogens with zero attached hydrogens (tertiary/aromatic N) is 2. The molecule has 0 aliphatic rings. The van der Waals surface area contributed by atoms with Gasteiger partial charge in [0.05, 0.1) is 11.9 Å². The average molecular weight is 272 g/mol. The van der Waals surface area contributed by atoms with Crippen LogP contribution in [0.15, 0.2) is 30.5 Å². The van der Waals surface area contributed by atoms with Crippen molar-refractivity contribution < 1.29 is 28.2 Å². The second-order valence-electron chi connectivity index (χ2n) is 3.64. The Labute approximate surface area is 104 Å². The Morgan fingerprint density at radius 3 is 2.53 bits per heavy atom. The molecule has 0 aliphatic carbocycles. The van der Waals surface area contributed by atoms with Gasteiger partial charge >= 0.3 is 12.1 Å². The van der Waals surface area contributed by atoms with Gasteiger partial charge in [-0.05, 0) is 12.1 Å². The summed E-state index contributed by atoms with van der Waals surface area (Å²) in [7, 11) is 0. The van der Waals surface area contributed by atoms with Gasteiger partial charge in [0, 0.05) is 6.07 Å². The van der Waals surface area contributed by atoms with Crippen molar-refractivity contribution in [3.8, 4) is 11.4 Å². The first-order valence-electron chi connectivity index (χ1n) is 4.98. The number of rotatable bonds is 2. The van der Waals surface area contributed by atoms with Crippen LogP contribution in [-0.2, 0) is 6.18 Å². The van der Waals surface area contributed by atoms with E-state index in [-0.39, 0.29) is 11.4 Å². The van der Waals surface area contributed by atoms with Gasteiger partial charge in [0.25, 0.3) is 0 Å². The topological polar surface area (TPSA) is 75.3 Å². The fourth-order valence-corrected chi connectivity index (χ4v) is 1.60. The molecule has 100 valence electrons. The van der Waals surface area contributed by atoms with Crippen LogP contribution in [-0.4, -0.2) is 26.0 Å². The Morgan fingerprint density at radius 2 is 2.00 bits per heavy atom. The van der Waals surface area contributed by atoms with Gasteiger partial charge in [0.2, 0.25) is 0 Å². The molecule has 0 amide bonds. The van der Waals surface area contributed by atoms with E-state index in [9.17, 15) is 23.1 Å². The maximum absolute atomic E-state index is 12.9. The maximum atomic E-state index is 12.9. The number of carbonyl (C=O) groups is 1. The maximum Gasteiger partial charge on any atom is 0.434 e. The van der Waals surface area contributed by atoms with Crippen LogP contribution in [0, 0.1) is 0 Å². The van der Waals surface area contributed by atoms with Crippen LogP contribution in [0.5, 0.6) is 5.75 Å². The minimum absolute atomic E-state index is 0.0835. The lowest BCUT2D eigenvalue weighted by molar-refractivity contribution is -0.143. The lowest BCUT2D eigenvalue weighted by Crippen LogP contribution is -2.17. The normalized spacial score (nSPS) is 11.5. The van der Waals surface area contributed by atoms with Crippen LogP contribution in [0.4, 0.5) is 13.2 Å². The number of halogens is 3. The fourth-order valence-electron chi connectivity index (χ4n) is 1.60. The zero-order chi connectivity index (χ0) is 14.2. The number of benzene rings is 1. The molecule has 2 rings (SSSR count). The van der Waals surface area contributed by atoms with E-state index in [1.54, 1.807) is 0 Å². The van der Waals surface area contributed by atoms with Crippen molar-refractivity contribution in [3.05, 3.63) is 41.7 Å². The lowest BCUT2D eigenvalue weighted by Gasteiger charge is -2.11. The summed E-state index contributed by atoms with van der Waals surface area (Å²) < 4.78 is 39.1. The molecule has 0 saturated heterocycles. The molecule has 0 unspecified atom stereocenters. The van der Waals surface area contributed by atoms with E-state index >= 15 is 0 Å². The number of phenolic OH excluding ortho intramolecular Hbond substituents is 1. The number of hydrogen-bond acceptors (Lipinski definition) is 3. The highest BCUT2D eigenvalue weighted by atomic mass is 19.4. The third-order valence-electron chi connectivity index (χ3n) is 2.34. The van der Waals surface area contributed by atoms with Gasteiger partial charge in [-0.2, -0.15) is 18.3 Å². The van der Waals surface area contributed by atoms with Gasteiger partial charge in [-0.1, -0.05) is 6.07 Å². The highest BCUT2D eigenvalue weighted by molar-refractivity contribution is 5.89. The van der Waals surface area contributed by atoms with E-state index in [4.69, 9.17) is 5.11 Å². The van der Waals surface area contributed by atoms with Gasteiger partial charge in [0.15, 0.2) is 5.69 Å². The number of carboxylic acid groups (broad SMARTS) is 1. The second-order valence-corrected chi connectivity index (χ2v) is 3.64. The highest BCUT2D eigenvalue weighted by Crippen LogP contribution is 2.34. The first-order chi connectivity index (χ1) is 8.80. The van der Waals surface area contributed by atoms with Crippen LogP contribution in [0.25, 0.3) is 5.69 Å². The van der Waals surface area contributed by atoms with Crippen LogP contribution in [0.1, 0.15) is 16.1 Å². The van der Waals surface area contributed by atoms with E-state index in [1.807, 2.05) is 0 Å². The van der Waals surface area contributed by atoms with E-state index < -0.39 is 23.4 Å². The summed E-state index contributed by atoms with van der Waals surface area (Å²) in [5.74, 6) is -1.98. The van der Waals surface area contributed by atoms with Crippen LogP contribution >= 0.6 is 0 Å². The number of aromatic nitrogens is 2. The molecule has 8 heteroatoms. The smallest absolute Gasteiger partial charge is 0.434 e. The van der Waals surface area contributed by atoms with Crippen molar-refractivity contribution in [3.63, 3.8) is 0 Å². The molecule has 1 aromatic carbocycles. The zero-order valence-corrected chi connectivity index (χ0v) is 9.22. The Bertz CT molecular complexity index is 634. The van der Waals surface area contributed by atoms with E-state index in [0.29, 0.717) is 10.9 Å². The van der Waals surface area contributed by atoms with Crippen molar-refractivity contribution in [1.29, 1.82) is 0 Å². The predicted molar refractivity (Wildman–Crippen MR) is 57.2 cm³/mol. The Morgan fingerprint density at radius 1 is 1.32 bits per heavy atom. The first kappa shape index (κ1) is 12.9. The summed E-state index contributed by atoms with van der Waals surface area (Å²) in [6, 6.07) is 4.92. The van der Waals surface area contributed by atoms with Crippen LogP contribution in [0.2, 0.25) is 0 Å². The number of carboxylic acids is 1. The fraction of sp³-hybridized carbons (Fsp3) is 0.0909. The third kappa shape index (κ3) is 2.37. The molecule has 2 N–H and O–H groups in total. The quantitative estimate of drug-likeness (QED) is 0.879. The SMILES string of the molecule is O=C(O)c1cnn(-c2cccc(O)c2)c1C(F)(F)F. The highest BCUT2D eigenvalue weighted by Gasteiger charge is 2.40. The van der Waals surface area contributed by atoms with Crippen molar-refractivity contribution >= 4 is 5.97 Å². The molecular formula is C11H7F3N2O3. The summed E-state index contributed by atoms with van der Waals surface area (Å²) in [5, 5.41) is 21.4. The molecular weight excluding hydrogens is 265 g/mol. The third-order valence-corrected chi connectivity index (χ3v) is 2.34. The minimum Gasteiger partial charge on any atom is -0.508 e. The van der Waals surface area contributed by atoms with Crippen molar-refractivity contribution in [1.82, 2.24) is 9.78 Å². The molecule has 19 heavy (non-hydrogen) atoms. The molecule has 0 bridgehead atoms. The summed E-state index contributed by atoms with van der Waals surface area (Å²) in [6.45, 7) is 0. The Balaban J connectivity index is 2.68. The summed E-state index contributed by atoms with van der Waals surface area (Å²) in [6.07, 6.45) is -4.26. The largest absolute Gasteiger partial charge is 0.508 e. The van der Waals surface area contributed by atoms with Gasteiger partial charge in [-0.3, -0.25) is 0 Å². The molecule has 2 aromatic rings. The summed E-state index contributed by atoms with van der Waals surface area (Å²) in [5.41, 5.74) is -2.43. The number of phenols is 1. The summed E-state index contributed by atoms with van der Waals surface area (Å²) in [4.78, 5) is 10.8. The molecule has 0 saturated carbocycles. The Hall–Kier alpha value is -2.51. The van der Waals surface area contributed by atoms with E-state index in [2.05, 4.69) is 5.10 Å². The lowest BCUT2D eigenvalue weighted by atomic mass is 10.2. The predicted octanol–water partition coefficient (Wildman–Crippen LogP) is 2.29. The van der Waals surface area contributed by atoms with Crippen molar-refractivity contribution in [2.75, 3.05) is 0 Å². The molecule has 0 atom stereocenters. The number of aromatic carboxylic acids is 1. The van der Waals surface area contributed by atoms with Gasteiger partial charge < -0.3 is 10.2 Å². The number of hydrogen-bond donors (Lipinski definition) is 2. The van der Waals surface area contributed by atoms with E-state index in [1.165, 1.54) is 18.2 Å². The number of alkyl halides is 3. The minimum atomic E-state index is -4.88. The summed E-state index contributed by atoms with van der Waals surface area (Å²) >= 11 is 0. The number of aromatic hydroxyl groups is 1.